The van der Waals surface area contributed by atoms with Gasteiger partial charge >= 0.3 is 5.97 Å². The van der Waals surface area contributed by atoms with Crippen LogP contribution in [0.1, 0.15) is 40.7 Å². The first-order valence-corrected chi connectivity index (χ1v) is 9.69. The summed E-state index contributed by atoms with van der Waals surface area (Å²) in [4.78, 5) is 36.1. The molecule has 0 aliphatic carbocycles. The van der Waals surface area contributed by atoms with Crippen molar-refractivity contribution in [3.63, 3.8) is 0 Å². The average Bonchev–Trinajstić information content (AvgIpc) is 2.77. The zero-order valence-electron chi connectivity index (χ0n) is 16.7. The molecule has 0 saturated heterocycles. The first-order valence-electron chi connectivity index (χ1n) is 9.69. The van der Waals surface area contributed by atoms with Gasteiger partial charge in [-0.05, 0) is 30.2 Å². The van der Waals surface area contributed by atoms with Crippen molar-refractivity contribution in [3.8, 4) is 0 Å². The molecular weight excluding hydrogens is 378 g/mol. The summed E-state index contributed by atoms with van der Waals surface area (Å²) in [5, 5.41) is 2.64. The molecular formula is C25H23NO4. The standard InChI is InChI=1S/C25H23NO4/c1-18(27)21-13-8-14-22(15-21)26-24(28)17-30-25(29)16-23(19-9-4-2-5-10-19)20-11-6-3-7-12-20/h2-15,23H,16-17H2,1H3,(H,26,28). The van der Waals surface area contributed by atoms with Crippen LogP contribution >= 0.6 is 0 Å². The second-order valence-electron chi connectivity index (χ2n) is 6.92. The van der Waals surface area contributed by atoms with Crippen LogP contribution < -0.4 is 5.32 Å². The van der Waals surface area contributed by atoms with Crippen LogP contribution in [-0.2, 0) is 14.3 Å². The molecule has 0 aliphatic rings. The molecule has 0 saturated carbocycles. The smallest absolute Gasteiger partial charge is 0.307 e. The van der Waals surface area contributed by atoms with Gasteiger partial charge < -0.3 is 10.1 Å². The van der Waals surface area contributed by atoms with E-state index in [2.05, 4.69) is 5.32 Å². The molecule has 0 fully saturated rings. The lowest BCUT2D eigenvalue weighted by atomic mass is 9.89. The van der Waals surface area contributed by atoms with Crippen LogP contribution in [-0.4, -0.2) is 24.3 Å². The molecule has 0 unspecified atom stereocenters. The predicted octanol–water partition coefficient (Wildman–Crippen LogP) is 4.59. The number of anilines is 1. The fraction of sp³-hybridized carbons (Fsp3) is 0.160. The van der Waals surface area contributed by atoms with E-state index in [1.807, 2.05) is 60.7 Å². The minimum atomic E-state index is -0.458. The molecule has 3 aromatic carbocycles. The third-order valence-corrected chi connectivity index (χ3v) is 4.69. The van der Waals surface area contributed by atoms with Crippen molar-refractivity contribution in [2.75, 3.05) is 11.9 Å². The van der Waals surface area contributed by atoms with E-state index in [4.69, 9.17) is 4.74 Å². The van der Waals surface area contributed by atoms with Gasteiger partial charge in [-0.15, -0.1) is 0 Å². The van der Waals surface area contributed by atoms with E-state index >= 15 is 0 Å². The molecule has 0 bridgehead atoms. The summed E-state index contributed by atoms with van der Waals surface area (Å²) in [5.41, 5.74) is 2.99. The number of Topliss-reactive ketones (excluding diaryl/α,β-unsaturated/α-hetero) is 1. The van der Waals surface area contributed by atoms with Gasteiger partial charge in [0.2, 0.25) is 0 Å². The minimum Gasteiger partial charge on any atom is -0.456 e. The number of hydrogen-bond donors (Lipinski definition) is 1. The molecule has 5 heteroatoms. The summed E-state index contributed by atoms with van der Waals surface area (Å²) >= 11 is 0. The number of rotatable bonds is 8. The van der Waals surface area contributed by atoms with E-state index in [0.717, 1.165) is 11.1 Å². The van der Waals surface area contributed by atoms with Gasteiger partial charge in [-0.2, -0.15) is 0 Å². The van der Waals surface area contributed by atoms with Crippen LogP contribution in [0.2, 0.25) is 0 Å². The summed E-state index contributed by atoms with van der Waals surface area (Å²) in [6.45, 7) is 1.07. The van der Waals surface area contributed by atoms with Crippen molar-refractivity contribution in [1.82, 2.24) is 0 Å². The molecule has 3 aromatic rings. The molecule has 0 spiro atoms. The normalized spacial score (nSPS) is 10.5. The summed E-state index contributed by atoms with van der Waals surface area (Å²) in [6, 6.07) is 26.1. The van der Waals surface area contributed by atoms with Gasteiger partial charge in [0, 0.05) is 17.2 Å². The maximum absolute atomic E-state index is 12.5. The highest BCUT2D eigenvalue weighted by atomic mass is 16.5. The van der Waals surface area contributed by atoms with Crippen molar-refractivity contribution in [2.45, 2.75) is 19.3 Å². The Labute approximate surface area is 175 Å². The van der Waals surface area contributed by atoms with Crippen molar-refractivity contribution in [1.29, 1.82) is 0 Å². The van der Waals surface area contributed by atoms with Crippen LogP contribution in [0.3, 0.4) is 0 Å². The SMILES string of the molecule is CC(=O)c1cccc(NC(=O)COC(=O)CC(c2ccccc2)c2ccccc2)c1. The Bertz CT molecular complexity index is 976. The van der Waals surface area contributed by atoms with Gasteiger partial charge in [0.1, 0.15) is 0 Å². The number of ether oxygens (including phenoxy) is 1. The Morgan fingerprint density at radius 2 is 1.43 bits per heavy atom. The Balaban J connectivity index is 1.60. The molecule has 0 radical (unpaired) electrons. The monoisotopic (exact) mass is 401 g/mol. The summed E-state index contributed by atoms with van der Waals surface area (Å²) in [7, 11) is 0. The second-order valence-corrected chi connectivity index (χ2v) is 6.92. The molecule has 3 rings (SSSR count). The fourth-order valence-electron chi connectivity index (χ4n) is 3.18. The van der Waals surface area contributed by atoms with Crippen molar-refractivity contribution >= 4 is 23.3 Å². The highest BCUT2D eigenvalue weighted by Gasteiger charge is 2.19. The largest absolute Gasteiger partial charge is 0.456 e. The lowest BCUT2D eigenvalue weighted by Gasteiger charge is -2.17. The van der Waals surface area contributed by atoms with Gasteiger partial charge in [0.25, 0.3) is 5.91 Å². The highest BCUT2D eigenvalue weighted by molar-refractivity contribution is 5.97. The van der Waals surface area contributed by atoms with Gasteiger partial charge in [0.15, 0.2) is 12.4 Å². The summed E-state index contributed by atoms with van der Waals surface area (Å²) in [5.74, 6) is -1.17. The van der Waals surface area contributed by atoms with E-state index < -0.39 is 11.9 Å². The molecule has 0 aromatic heterocycles. The first kappa shape index (κ1) is 21.0. The molecule has 30 heavy (non-hydrogen) atoms. The number of ketones is 1. The quantitative estimate of drug-likeness (QED) is 0.442. The molecule has 1 N–H and O–H groups in total. The Morgan fingerprint density at radius 3 is 2.00 bits per heavy atom. The van der Waals surface area contributed by atoms with Crippen LogP contribution in [0.4, 0.5) is 5.69 Å². The van der Waals surface area contributed by atoms with Crippen molar-refractivity contribution in [2.24, 2.45) is 0 Å². The first-order chi connectivity index (χ1) is 14.5. The Morgan fingerprint density at radius 1 is 0.833 bits per heavy atom. The lowest BCUT2D eigenvalue weighted by Crippen LogP contribution is -2.22. The van der Waals surface area contributed by atoms with E-state index in [0.29, 0.717) is 11.3 Å². The number of carbonyl (C=O) groups excluding carboxylic acids is 3. The van der Waals surface area contributed by atoms with Crippen LogP contribution in [0.15, 0.2) is 84.9 Å². The number of amides is 1. The van der Waals surface area contributed by atoms with Gasteiger partial charge in [-0.1, -0.05) is 72.8 Å². The van der Waals surface area contributed by atoms with Gasteiger partial charge in [-0.3, -0.25) is 14.4 Å². The number of nitrogens with one attached hydrogen (secondary N) is 1. The highest BCUT2D eigenvalue weighted by Crippen LogP contribution is 2.28. The lowest BCUT2D eigenvalue weighted by molar-refractivity contribution is -0.147. The average molecular weight is 401 g/mol. The zero-order chi connectivity index (χ0) is 21.3. The minimum absolute atomic E-state index is 0.0922. The van der Waals surface area contributed by atoms with Crippen molar-refractivity contribution in [3.05, 3.63) is 102 Å². The molecule has 1 amide bonds. The fourth-order valence-corrected chi connectivity index (χ4v) is 3.18. The number of esters is 1. The maximum atomic E-state index is 12.5. The van der Waals surface area contributed by atoms with Crippen LogP contribution in [0, 0.1) is 0 Å². The molecule has 5 nitrogen and oxygen atoms in total. The zero-order valence-corrected chi connectivity index (χ0v) is 16.7. The second kappa shape index (κ2) is 10.2. The van der Waals surface area contributed by atoms with Gasteiger partial charge in [0.05, 0.1) is 6.42 Å². The molecule has 0 heterocycles. The van der Waals surface area contributed by atoms with Crippen LogP contribution in [0.5, 0.6) is 0 Å². The molecule has 152 valence electrons. The third-order valence-electron chi connectivity index (χ3n) is 4.69. The Hall–Kier alpha value is -3.73. The van der Waals surface area contributed by atoms with E-state index in [1.165, 1.54) is 6.92 Å². The predicted molar refractivity (Wildman–Crippen MR) is 115 cm³/mol. The van der Waals surface area contributed by atoms with E-state index in [-0.39, 0.29) is 24.7 Å². The maximum Gasteiger partial charge on any atom is 0.307 e. The number of hydrogen-bond acceptors (Lipinski definition) is 4. The van der Waals surface area contributed by atoms with E-state index in [1.54, 1.807) is 24.3 Å². The van der Waals surface area contributed by atoms with Crippen LogP contribution in [0.25, 0.3) is 0 Å². The molecule has 0 aliphatic heterocycles. The summed E-state index contributed by atoms with van der Waals surface area (Å²) < 4.78 is 5.21. The van der Waals surface area contributed by atoms with E-state index in [9.17, 15) is 14.4 Å². The number of benzene rings is 3. The van der Waals surface area contributed by atoms with Gasteiger partial charge in [-0.25, -0.2) is 0 Å². The van der Waals surface area contributed by atoms with Crippen molar-refractivity contribution < 1.29 is 19.1 Å². The number of carbonyl (C=O) groups is 3. The third kappa shape index (κ3) is 5.88. The summed E-state index contributed by atoms with van der Waals surface area (Å²) in [6.07, 6.45) is 0.126. The Kier molecular flexibility index (Phi) is 7.11. The topological polar surface area (TPSA) is 72.5 Å². The molecule has 0 atom stereocenters.